The van der Waals surface area contributed by atoms with Gasteiger partial charge in [-0.3, -0.25) is 0 Å². The molecule has 4 heteroatoms. The minimum Gasteiger partial charge on any atom is -0.324 e. The van der Waals surface area contributed by atoms with E-state index in [-0.39, 0.29) is 11.9 Å². The number of halogens is 3. The standard InChI is InChI=1S/C14H12BrClFN/c15-12-4-2-1-3-9(12)7-14(18)11-6-5-10(17)8-13(11)16/h1-6,8,14H,7,18H2. The third kappa shape index (κ3) is 3.10. The summed E-state index contributed by atoms with van der Waals surface area (Å²) in [6.07, 6.45) is 0.646. The highest BCUT2D eigenvalue weighted by molar-refractivity contribution is 9.10. The Morgan fingerprint density at radius 2 is 1.94 bits per heavy atom. The minimum absolute atomic E-state index is 0.253. The lowest BCUT2D eigenvalue weighted by Crippen LogP contribution is -2.14. The van der Waals surface area contributed by atoms with Crippen LogP contribution in [0.25, 0.3) is 0 Å². The van der Waals surface area contributed by atoms with E-state index in [4.69, 9.17) is 17.3 Å². The number of hydrogen-bond acceptors (Lipinski definition) is 1. The van der Waals surface area contributed by atoms with Crippen molar-refractivity contribution in [1.29, 1.82) is 0 Å². The van der Waals surface area contributed by atoms with E-state index in [9.17, 15) is 4.39 Å². The first kappa shape index (κ1) is 13.5. The van der Waals surface area contributed by atoms with Gasteiger partial charge >= 0.3 is 0 Å². The summed E-state index contributed by atoms with van der Waals surface area (Å²) >= 11 is 9.48. The van der Waals surface area contributed by atoms with E-state index in [1.165, 1.54) is 12.1 Å². The SMILES string of the molecule is NC(Cc1ccccc1Br)c1ccc(F)cc1Cl. The Balaban J connectivity index is 2.22. The topological polar surface area (TPSA) is 26.0 Å². The largest absolute Gasteiger partial charge is 0.324 e. The van der Waals surface area contributed by atoms with E-state index in [1.807, 2.05) is 24.3 Å². The van der Waals surface area contributed by atoms with Gasteiger partial charge in [0.05, 0.1) is 0 Å². The second-order valence-electron chi connectivity index (χ2n) is 4.07. The summed E-state index contributed by atoms with van der Waals surface area (Å²) in [7, 11) is 0. The Kier molecular flexibility index (Phi) is 4.38. The second-order valence-corrected chi connectivity index (χ2v) is 5.33. The van der Waals surface area contributed by atoms with Crippen LogP contribution in [0.3, 0.4) is 0 Å². The normalized spacial score (nSPS) is 12.4. The van der Waals surface area contributed by atoms with Gasteiger partial charge in [-0.25, -0.2) is 4.39 Å². The van der Waals surface area contributed by atoms with Gasteiger partial charge in [-0.05, 0) is 35.7 Å². The molecule has 0 amide bonds. The minimum atomic E-state index is -0.350. The van der Waals surface area contributed by atoms with Crippen molar-refractivity contribution in [2.75, 3.05) is 0 Å². The van der Waals surface area contributed by atoms with Crippen molar-refractivity contribution in [3.8, 4) is 0 Å². The van der Waals surface area contributed by atoms with Crippen LogP contribution in [0.5, 0.6) is 0 Å². The summed E-state index contributed by atoms with van der Waals surface area (Å²) in [4.78, 5) is 0. The van der Waals surface area contributed by atoms with Crippen LogP contribution in [0.1, 0.15) is 17.2 Å². The highest BCUT2D eigenvalue weighted by atomic mass is 79.9. The average Bonchev–Trinajstić information content (AvgIpc) is 2.32. The van der Waals surface area contributed by atoms with Crippen LogP contribution in [0.15, 0.2) is 46.9 Å². The highest BCUT2D eigenvalue weighted by Gasteiger charge is 2.12. The average molecular weight is 329 g/mol. The smallest absolute Gasteiger partial charge is 0.124 e. The Labute approximate surface area is 119 Å². The molecule has 0 saturated carbocycles. The van der Waals surface area contributed by atoms with Crippen LogP contribution in [0.4, 0.5) is 4.39 Å². The molecule has 1 atom stereocenters. The van der Waals surface area contributed by atoms with Gasteiger partial charge in [-0.1, -0.05) is 51.8 Å². The predicted octanol–water partition coefficient (Wildman–Crippen LogP) is 4.48. The summed E-state index contributed by atoms with van der Waals surface area (Å²) in [6, 6.07) is 11.9. The van der Waals surface area contributed by atoms with Crippen molar-refractivity contribution >= 4 is 27.5 Å². The molecule has 2 aromatic carbocycles. The molecule has 0 spiro atoms. The van der Waals surface area contributed by atoms with Gasteiger partial charge in [0.1, 0.15) is 5.82 Å². The monoisotopic (exact) mass is 327 g/mol. The van der Waals surface area contributed by atoms with Crippen LogP contribution in [0, 0.1) is 5.82 Å². The van der Waals surface area contributed by atoms with Gasteiger partial charge < -0.3 is 5.73 Å². The Bertz CT molecular complexity index is 559. The van der Waals surface area contributed by atoms with E-state index in [2.05, 4.69) is 15.9 Å². The molecular formula is C14H12BrClFN. The van der Waals surface area contributed by atoms with E-state index in [0.717, 1.165) is 15.6 Å². The highest BCUT2D eigenvalue weighted by Crippen LogP contribution is 2.27. The van der Waals surface area contributed by atoms with Crippen molar-refractivity contribution in [2.45, 2.75) is 12.5 Å². The van der Waals surface area contributed by atoms with Gasteiger partial charge in [0, 0.05) is 15.5 Å². The zero-order valence-corrected chi connectivity index (χ0v) is 11.9. The summed E-state index contributed by atoms with van der Waals surface area (Å²) < 4.78 is 14.0. The molecule has 2 aromatic rings. The zero-order chi connectivity index (χ0) is 13.1. The van der Waals surface area contributed by atoms with Crippen LogP contribution in [-0.4, -0.2) is 0 Å². The molecule has 0 saturated heterocycles. The van der Waals surface area contributed by atoms with E-state index in [0.29, 0.717) is 11.4 Å². The zero-order valence-electron chi connectivity index (χ0n) is 9.54. The van der Waals surface area contributed by atoms with Crippen molar-refractivity contribution < 1.29 is 4.39 Å². The summed E-state index contributed by atoms with van der Waals surface area (Å²) in [5, 5.41) is 0.370. The summed E-state index contributed by atoms with van der Waals surface area (Å²) in [5.41, 5.74) is 7.98. The van der Waals surface area contributed by atoms with E-state index >= 15 is 0 Å². The van der Waals surface area contributed by atoms with Crippen molar-refractivity contribution in [2.24, 2.45) is 5.73 Å². The molecule has 18 heavy (non-hydrogen) atoms. The number of rotatable bonds is 3. The Morgan fingerprint density at radius 3 is 2.61 bits per heavy atom. The van der Waals surface area contributed by atoms with Gasteiger partial charge in [0.15, 0.2) is 0 Å². The molecule has 0 radical (unpaired) electrons. The Morgan fingerprint density at radius 1 is 1.22 bits per heavy atom. The summed E-state index contributed by atoms with van der Waals surface area (Å²) in [5.74, 6) is -0.350. The fourth-order valence-electron chi connectivity index (χ4n) is 1.81. The van der Waals surface area contributed by atoms with Crippen molar-refractivity contribution in [3.63, 3.8) is 0 Å². The number of hydrogen-bond donors (Lipinski definition) is 1. The molecule has 0 heterocycles. The van der Waals surface area contributed by atoms with Crippen molar-refractivity contribution in [1.82, 2.24) is 0 Å². The van der Waals surface area contributed by atoms with Crippen molar-refractivity contribution in [3.05, 3.63) is 68.9 Å². The van der Waals surface area contributed by atoms with E-state index in [1.54, 1.807) is 6.07 Å². The molecule has 1 unspecified atom stereocenters. The number of nitrogens with two attached hydrogens (primary N) is 1. The van der Waals surface area contributed by atoms with Gasteiger partial charge in [0.2, 0.25) is 0 Å². The second kappa shape index (κ2) is 5.83. The molecule has 2 rings (SSSR count). The molecule has 94 valence electrons. The van der Waals surface area contributed by atoms with Crippen LogP contribution in [0.2, 0.25) is 5.02 Å². The first-order valence-electron chi connectivity index (χ1n) is 5.52. The fraction of sp³-hybridized carbons (Fsp3) is 0.143. The molecule has 0 aliphatic carbocycles. The van der Waals surface area contributed by atoms with Gasteiger partial charge in [-0.2, -0.15) is 0 Å². The first-order valence-corrected chi connectivity index (χ1v) is 6.69. The maximum absolute atomic E-state index is 13.0. The van der Waals surface area contributed by atoms with Crippen LogP contribution < -0.4 is 5.73 Å². The molecule has 0 fully saturated rings. The maximum atomic E-state index is 13.0. The lowest BCUT2D eigenvalue weighted by Gasteiger charge is -2.14. The predicted molar refractivity (Wildman–Crippen MR) is 76.2 cm³/mol. The molecule has 0 bridgehead atoms. The van der Waals surface area contributed by atoms with Crippen LogP contribution in [-0.2, 0) is 6.42 Å². The lowest BCUT2D eigenvalue weighted by atomic mass is 10.00. The van der Waals surface area contributed by atoms with E-state index < -0.39 is 0 Å². The van der Waals surface area contributed by atoms with Crippen LogP contribution >= 0.6 is 27.5 Å². The molecule has 0 aromatic heterocycles. The first-order chi connectivity index (χ1) is 8.58. The molecule has 0 aliphatic rings. The maximum Gasteiger partial charge on any atom is 0.124 e. The van der Waals surface area contributed by atoms with Gasteiger partial charge in [-0.15, -0.1) is 0 Å². The molecule has 1 nitrogen and oxygen atoms in total. The molecular weight excluding hydrogens is 317 g/mol. The third-order valence-corrected chi connectivity index (χ3v) is 3.86. The summed E-state index contributed by atoms with van der Waals surface area (Å²) in [6.45, 7) is 0. The van der Waals surface area contributed by atoms with Gasteiger partial charge in [0.25, 0.3) is 0 Å². The fourth-order valence-corrected chi connectivity index (χ4v) is 2.57. The Hall–Kier alpha value is -0.900. The number of benzene rings is 2. The lowest BCUT2D eigenvalue weighted by molar-refractivity contribution is 0.624. The third-order valence-electron chi connectivity index (χ3n) is 2.76. The molecule has 2 N–H and O–H groups in total. The quantitative estimate of drug-likeness (QED) is 0.883. The molecule has 0 aliphatic heterocycles.